The number of ether oxygens (including phenoxy) is 1. The molecule has 0 unspecified atom stereocenters. The molecule has 1 aliphatic heterocycles. The van der Waals surface area contributed by atoms with Gasteiger partial charge in [-0.05, 0) is 0 Å². The number of hydrogen-bond donors (Lipinski definition) is 1. The molecule has 0 radical (unpaired) electrons. The molecule has 2 aromatic heterocycles. The summed E-state index contributed by atoms with van der Waals surface area (Å²) in [6.45, 7) is 3.59. The van der Waals surface area contributed by atoms with Crippen molar-refractivity contribution in [1.82, 2.24) is 14.3 Å². The molecule has 6 nitrogen and oxygen atoms in total. The second-order valence-corrected chi connectivity index (χ2v) is 4.97. The molecule has 0 aliphatic carbocycles. The minimum absolute atomic E-state index is 0. The summed E-state index contributed by atoms with van der Waals surface area (Å²) < 4.78 is 7.28. The first-order valence-corrected chi connectivity index (χ1v) is 6.74. The third kappa shape index (κ3) is 3.37. The zero-order chi connectivity index (χ0) is 12.4. The number of aromatic nitrogens is 2. The Hall–Kier alpha value is -0.870. The van der Waals surface area contributed by atoms with Gasteiger partial charge in [-0.25, -0.2) is 9.98 Å². The van der Waals surface area contributed by atoms with Crippen molar-refractivity contribution in [3.63, 3.8) is 0 Å². The van der Waals surface area contributed by atoms with Gasteiger partial charge in [0, 0.05) is 30.9 Å². The van der Waals surface area contributed by atoms with Gasteiger partial charge in [-0.15, -0.1) is 35.3 Å². The fourth-order valence-electron chi connectivity index (χ4n) is 1.91. The van der Waals surface area contributed by atoms with Gasteiger partial charge in [0.15, 0.2) is 10.9 Å². The maximum absolute atomic E-state index is 5.95. The van der Waals surface area contributed by atoms with Gasteiger partial charge >= 0.3 is 0 Å². The zero-order valence-electron chi connectivity index (χ0n) is 10.4. The third-order valence-corrected chi connectivity index (χ3v) is 3.65. The number of rotatable bonds is 2. The Labute approximate surface area is 132 Å². The van der Waals surface area contributed by atoms with Gasteiger partial charge in [0.05, 0.1) is 25.5 Å². The summed E-state index contributed by atoms with van der Waals surface area (Å²) in [6, 6.07) is 0. The Morgan fingerprint density at radius 1 is 1.47 bits per heavy atom. The molecule has 8 heteroatoms. The van der Waals surface area contributed by atoms with E-state index in [1.807, 2.05) is 27.1 Å². The summed E-state index contributed by atoms with van der Waals surface area (Å²) in [5.74, 6) is 0.578. The number of nitrogens with zero attached hydrogens (tertiary/aromatic N) is 4. The van der Waals surface area contributed by atoms with E-state index in [-0.39, 0.29) is 24.0 Å². The molecule has 19 heavy (non-hydrogen) atoms. The van der Waals surface area contributed by atoms with Crippen LogP contribution in [0.15, 0.2) is 22.8 Å². The number of morpholine rings is 1. The number of hydrogen-bond acceptors (Lipinski definition) is 4. The van der Waals surface area contributed by atoms with Crippen LogP contribution in [0.2, 0.25) is 0 Å². The molecule has 0 saturated carbocycles. The van der Waals surface area contributed by atoms with Crippen molar-refractivity contribution in [3.05, 3.63) is 23.5 Å². The number of fused-ring (bicyclic) bond motifs is 1. The molecule has 3 rings (SSSR count). The molecular formula is C11H16IN5OS. The second kappa shape index (κ2) is 6.53. The Balaban J connectivity index is 0.00000133. The average Bonchev–Trinajstić information content (AvgIpc) is 2.97. The monoisotopic (exact) mass is 393 g/mol. The van der Waals surface area contributed by atoms with Gasteiger partial charge in [0.25, 0.3) is 0 Å². The van der Waals surface area contributed by atoms with Crippen molar-refractivity contribution in [2.45, 2.75) is 6.54 Å². The van der Waals surface area contributed by atoms with Crippen molar-refractivity contribution >= 4 is 46.2 Å². The first-order chi connectivity index (χ1) is 8.83. The lowest BCUT2D eigenvalue weighted by Gasteiger charge is -2.27. The van der Waals surface area contributed by atoms with Gasteiger partial charge < -0.3 is 15.4 Å². The van der Waals surface area contributed by atoms with Crippen LogP contribution in [-0.4, -0.2) is 46.5 Å². The molecule has 104 valence electrons. The Bertz CT molecular complexity index is 532. The van der Waals surface area contributed by atoms with Crippen LogP contribution in [0.5, 0.6) is 0 Å². The molecule has 3 heterocycles. The lowest BCUT2D eigenvalue weighted by Crippen LogP contribution is -2.44. The van der Waals surface area contributed by atoms with Crippen LogP contribution in [0.1, 0.15) is 5.69 Å². The van der Waals surface area contributed by atoms with Crippen LogP contribution in [0.4, 0.5) is 0 Å². The molecule has 2 aromatic rings. The molecule has 0 amide bonds. The van der Waals surface area contributed by atoms with E-state index in [1.54, 1.807) is 11.3 Å². The standard InChI is InChI=1S/C11H15N5OS.HI/c12-10(15-1-4-17-5-2-15)13-7-9-8-16-3-6-18-11(16)14-9;/h3,6,8H,1-2,4-5,7H2,(H2,12,13);1H. The topological polar surface area (TPSA) is 68.1 Å². The fourth-order valence-corrected chi connectivity index (χ4v) is 2.63. The molecule has 0 atom stereocenters. The van der Waals surface area contributed by atoms with Crippen LogP contribution < -0.4 is 5.73 Å². The van der Waals surface area contributed by atoms with E-state index >= 15 is 0 Å². The highest BCUT2D eigenvalue weighted by molar-refractivity contribution is 14.0. The van der Waals surface area contributed by atoms with Crippen molar-refractivity contribution in [2.75, 3.05) is 26.3 Å². The quantitative estimate of drug-likeness (QED) is 0.473. The first kappa shape index (κ1) is 14.5. The van der Waals surface area contributed by atoms with Gasteiger partial charge in [-0.2, -0.15) is 0 Å². The number of aliphatic imine (C=N–C) groups is 1. The highest BCUT2D eigenvalue weighted by atomic mass is 127. The van der Waals surface area contributed by atoms with E-state index in [4.69, 9.17) is 10.5 Å². The Kier molecular flexibility index (Phi) is 4.99. The van der Waals surface area contributed by atoms with Gasteiger partial charge in [0.1, 0.15) is 0 Å². The smallest absolute Gasteiger partial charge is 0.193 e. The van der Waals surface area contributed by atoms with Crippen molar-refractivity contribution in [1.29, 1.82) is 0 Å². The summed E-state index contributed by atoms with van der Waals surface area (Å²) in [4.78, 5) is 11.9. The highest BCUT2D eigenvalue weighted by Gasteiger charge is 2.12. The van der Waals surface area contributed by atoms with Crippen molar-refractivity contribution < 1.29 is 4.74 Å². The SMILES string of the molecule is I.NC(=NCc1cn2ccsc2n1)N1CCOCC1. The van der Waals surface area contributed by atoms with Crippen LogP contribution in [0.25, 0.3) is 4.96 Å². The molecule has 1 saturated heterocycles. The van der Waals surface area contributed by atoms with E-state index in [1.165, 1.54) is 0 Å². The molecule has 1 fully saturated rings. The maximum atomic E-state index is 5.95. The minimum atomic E-state index is 0. The molecule has 0 spiro atoms. The lowest BCUT2D eigenvalue weighted by atomic mass is 10.4. The van der Waals surface area contributed by atoms with Crippen molar-refractivity contribution in [3.8, 4) is 0 Å². The van der Waals surface area contributed by atoms with E-state index in [0.29, 0.717) is 12.5 Å². The summed E-state index contributed by atoms with van der Waals surface area (Å²) in [5, 5.41) is 2.01. The number of imidazole rings is 1. The summed E-state index contributed by atoms with van der Waals surface area (Å²) in [6.07, 6.45) is 3.98. The summed E-state index contributed by atoms with van der Waals surface area (Å²) >= 11 is 1.62. The minimum Gasteiger partial charge on any atom is -0.378 e. The van der Waals surface area contributed by atoms with Crippen LogP contribution in [0, 0.1) is 0 Å². The number of guanidine groups is 1. The summed E-state index contributed by atoms with van der Waals surface area (Å²) in [7, 11) is 0. The summed E-state index contributed by atoms with van der Waals surface area (Å²) in [5.41, 5.74) is 6.90. The normalized spacial score (nSPS) is 16.6. The fraction of sp³-hybridized carbons (Fsp3) is 0.455. The van der Waals surface area contributed by atoms with Gasteiger partial charge in [0.2, 0.25) is 0 Å². The third-order valence-electron chi connectivity index (χ3n) is 2.88. The molecule has 1 aliphatic rings. The van der Waals surface area contributed by atoms with E-state index in [0.717, 1.165) is 37.0 Å². The van der Waals surface area contributed by atoms with E-state index in [9.17, 15) is 0 Å². The molecule has 0 bridgehead atoms. The highest BCUT2D eigenvalue weighted by Crippen LogP contribution is 2.11. The predicted octanol–water partition coefficient (Wildman–Crippen LogP) is 1.16. The Morgan fingerprint density at radius 2 is 2.26 bits per heavy atom. The number of nitrogens with two attached hydrogens (primary N) is 1. The number of halogens is 1. The largest absolute Gasteiger partial charge is 0.378 e. The lowest BCUT2D eigenvalue weighted by molar-refractivity contribution is 0.0674. The van der Waals surface area contributed by atoms with Crippen LogP contribution in [0.3, 0.4) is 0 Å². The maximum Gasteiger partial charge on any atom is 0.193 e. The molecule has 0 aromatic carbocycles. The molecular weight excluding hydrogens is 377 g/mol. The van der Waals surface area contributed by atoms with Crippen LogP contribution >= 0.6 is 35.3 Å². The van der Waals surface area contributed by atoms with E-state index in [2.05, 4.69) is 9.98 Å². The van der Waals surface area contributed by atoms with Gasteiger partial charge in [-0.1, -0.05) is 0 Å². The second-order valence-electron chi connectivity index (χ2n) is 4.10. The first-order valence-electron chi connectivity index (χ1n) is 5.86. The van der Waals surface area contributed by atoms with E-state index < -0.39 is 0 Å². The number of thiazole rings is 1. The van der Waals surface area contributed by atoms with Gasteiger partial charge in [-0.3, -0.25) is 4.40 Å². The molecule has 2 N–H and O–H groups in total. The van der Waals surface area contributed by atoms with Crippen LogP contribution in [-0.2, 0) is 11.3 Å². The Morgan fingerprint density at radius 3 is 3.00 bits per heavy atom. The average molecular weight is 393 g/mol. The zero-order valence-corrected chi connectivity index (χ0v) is 13.5. The predicted molar refractivity (Wildman–Crippen MR) is 86.2 cm³/mol. The van der Waals surface area contributed by atoms with Crippen molar-refractivity contribution in [2.24, 2.45) is 10.7 Å².